The molecule has 2 aromatic rings. The number of nitrogens with one attached hydrogen (secondary N) is 1. The lowest BCUT2D eigenvalue weighted by Crippen LogP contribution is -2.44. The van der Waals surface area contributed by atoms with Crippen molar-refractivity contribution in [2.75, 3.05) is 24.2 Å². The van der Waals surface area contributed by atoms with Gasteiger partial charge in [0, 0.05) is 28.8 Å². The Balaban J connectivity index is 1.56. The normalized spacial score (nSPS) is 17.8. The number of sulfonamides is 1. The lowest BCUT2D eigenvalue weighted by molar-refractivity contribution is -0.120. The molecule has 0 radical (unpaired) electrons. The Morgan fingerprint density at radius 2 is 1.79 bits per heavy atom. The van der Waals surface area contributed by atoms with Crippen LogP contribution in [0.25, 0.3) is 0 Å². The summed E-state index contributed by atoms with van der Waals surface area (Å²) in [5, 5.41) is 3.66. The molecule has 1 fully saturated rings. The number of benzene rings is 2. The summed E-state index contributed by atoms with van der Waals surface area (Å²) in [7, 11) is -3.40. The third kappa shape index (κ3) is 6.44. The van der Waals surface area contributed by atoms with Crippen LogP contribution in [0, 0.1) is 5.92 Å². The van der Waals surface area contributed by atoms with E-state index in [9.17, 15) is 13.2 Å². The predicted molar refractivity (Wildman–Crippen MR) is 118 cm³/mol. The van der Waals surface area contributed by atoms with Crippen LogP contribution in [0.2, 0.25) is 10.0 Å². The zero-order valence-corrected chi connectivity index (χ0v) is 18.3. The zero-order chi connectivity index (χ0) is 20.9. The van der Waals surface area contributed by atoms with Crippen molar-refractivity contribution >= 4 is 44.8 Å². The number of carbonyl (C=O) groups is 1. The number of carbonyl (C=O) groups excluding carboxylic acids is 1. The molecule has 0 bridgehead atoms. The molecule has 156 valence electrons. The molecule has 0 aliphatic carbocycles. The fraction of sp³-hybridized carbons (Fsp3) is 0.381. The molecule has 29 heavy (non-hydrogen) atoms. The van der Waals surface area contributed by atoms with Crippen molar-refractivity contribution in [3.05, 3.63) is 64.1 Å². The maximum atomic E-state index is 12.8. The molecule has 5 nitrogen and oxygen atoms in total. The second-order valence-electron chi connectivity index (χ2n) is 7.25. The monoisotopic (exact) mass is 454 g/mol. The van der Waals surface area contributed by atoms with Crippen molar-refractivity contribution in [2.45, 2.75) is 25.7 Å². The number of anilines is 1. The van der Waals surface area contributed by atoms with Gasteiger partial charge in [-0.25, -0.2) is 12.7 Å². The molecular formula is C21H24Cl2N2O3S. The van der Waals surface area contributed by atoms with Crippen LogP contribution < -0.4 is 5.32 Å². The Morgan fingerprint density at radius 3 is 2.48 bits per heavy atom. The van der Waals surface area contributed by atoms with E-state index in [1.807, 2.05) is 30.3 Å². The van der Waals surface area contributed by atoms with E-state index in [-0.39, 0.29) is 18.2 Å². The molecule has 1 heterocycles. The standard InChI is InChI=1S/C21H24Cl2N2O3S/c22-18-12-19(23)14-20(13-18)24-21(26)17-9-4-10-25(15-17)29(27,28)11-5-8-16-6-2-1-3-7-16/h1-3,6-7,12-14,17H,4-5,8-11,15H2,(H,24,26)/t17-/m0/s1. The van der Waals surface area contributed by atoms with Gasteiger partial charge in [-0.05, 0) is 49.4 Å². The Hall–Kier alpha value is -1.60. The van der Waals surface area contributed by atoms with Crippen molar-refractivity contribution < 1.29 is 13.2 Å². The smallest absolute Gasteiger partial charge is 0.228 e. The number of halogens is 2. The van der Waals surface area contributed by atoms with Gasteiger partial charge in [0.05, 0.1) is 11.7 Å². The fourth-order valence-electron chi connectivity index (χ4n) is 3.51. The van der Waals surface area contributed by atoms with Gasteiger partial charge in [0.2, 0.25) is 15.9 Å². The highest BCUT2D eigenvalue weighted by molar-refractivity contribution is 7.89. The molecule has 2 aromatic carbocycles. The van der Waals surface area contributed by atoms with E-state index < -0.39 is 15.9 Å². The molecule has 1 atom stereocenters. The highest BCUT2D eigenvalue weighted by Crippen LogP contribution is 2.25. The summed E-state index contributed by atoms with van der Waals surface area (Å²) >= 11 is 11.9. The van der Waals surface area contributed by atoms with E-state index in [2.05, 4.69) is 5.32 Å². The van der Waals surface area contributed by atoms with Crippen molar-refractivity contribution in [1.82, 2.24) is 4.31 Å². The first-order valence-electron chi connectivity index (χ1n) is 9.62. The van der Waals surface area contributed by atoms with Gasteiger partial charge in [0.25, 0.3) is 0 Å². The average Bonchev–Trinajstić information content (AvgIpc) is 2.68. The minimum atomic E-state index is -3.40. The first kappa shape index (κ1) is 22.1. The maximum absolute atomic E-state index is 12.8. The van der Waals surface area contributed by atoms with Crippen LogP contribution in [-0.4, -0.2) is 37.5 Å². The van der Waals surface area contributed by atoms with Gasteiger partial charge < -0.3 is 5.32 Å². The van der Waals surface area contributed by atoms with Crippen LogP contribution in [0.15, 0.2) is 48.5 Å². The van der Waals surface area contributed by atoms with Gasteiger partial charge in [-0.2, -0.15) is 0 Å². The average molecular weight is 455 g/mol. The molecular weight excluding hydrogens is 431 g/mol. The van der Waals surface area contributed by atoms with Crippen LogP contribution in [-0.2, 0) is 21.2 Å². The highest BCUT2D eigenvalue weighted by atomic mass is 35.5. The predicted octanol–water partition coefficient (Wildman–Crippen LogP) is 4.61. The Bertz CT molecular complexity index is 931. The molecule has 0 spiro atoms. The third-order valence-electron chi connectivity index (χ3n) is 4.99. The second kappa shape index (κ2) is 9.94. The van der Waals surface area contributed by atoms with Crippen molar-refractivity contribution in [1.29, 1.82) is 0 Å². The topological polar surface area (TPSA) is 66.5 Å². The van der Waals surface area contributed by atoms with E-state index in [0.29, 0.717) is 48.0 Å². The minimum Gasteiger partial charge on any atom is -0.326 e. The van der Waals surface area contributed by atoms with E-state index in [0.717, 1.165) is 5.56 Å². The number of aryl methyl sites for hydroxylation is 1. The SMILES string of the molecule is O=C(Nc1cc(Cl)cc(Cl)c1)[C@H]1CCCN(S(=O)(=O)CCCc2ccccc2)C1. The largest absolute Gasteiger partial charge is 0.326 e. The lowest BCUT2D eigenvalue weighted by atomic mass is 9.99. The quantitative estimate of drug-likeness (QED) is 0.663. The number of hydrogen-bond donors (Lipinski definition) is 1. The number of nitrogens with zero attached hydrogens (tertiary/aromatic N) is 1. The second-order valence-corrected chi connectivity index (χ2v) is 10.2. The number of rotatable bonds is 7. The summed E-state index contributed by atoms with van der Waals surface area (Å²) in [6.45, 7) is 0.661. The molecule has 0 aromatic heterocycles. The zero-order valence-electron chi connectivity index (χ0n) is 16.0. The van der Waals surface area contributed by atoms with Crippen molar-refractivity contribution in [3.8, 4) is 0 Å². The molecule has 1 aliphatic heterocycles. The molecule has 0 unspecified atom stereocenters. The lowest BCUT2D eigenvalue weighted by Gasteiger charge is -2.31. The highest BCUT2D eigenvalue weighted by Gasteiger charge is 2.32. The van der Waals surface area contributed by atoms with Crippen LogP contribution in [0.5, 0.6) is 0 Å². The molecule has 8 heteroatoms. The van der Waals surface area contributed by atoms with Crippen LogP contribution >= 0.6 is 23.2 Å². The van der Waals surface area contributed by atoms with E-state index >= 15 is 0 Å². The Labute approximate surface area is 182 Å². The number of hydrogen-bond acceptors (Lipinski definition) is 3. The van der Waals surface area contributed by atoms with Crippen LogP contribution in [0.3, 0.4) is 0 Å². The third-order valence-corrected chi connectivity index (χ3v) is 7.35. The number of piperidine rings is 1. The molecule has 3 rings (SSSR count). The van der Waals surface area contributed by atoms with Gasteiger partial charge in [0.1, 0.15) is 0 Å². The Kier molecular flexibility index (Phi) is 7.57. The van der Waals surface area contributed by atoms with Crippen molar-refractivity contribution in [3.63, 3.8) is 0 Å². The number of amides is 1. The summed E-state index contributed by atoms with van der Waals surface area (Å²) in [6.07, 6.45) is 2.58. The van der Waals surface area contributed by atoms with Crippen LogP contribution in [0.1, 0.15) is 24.8 Å². The molecule has 1 amide bonds. The summed E-state index contributed by atoms with van der Waals surface area (Å²) in [4.78, 5) is 12.6. The van der Waals surface area contributed by atoms with Gasteiger partial charge in [-0.3, -0.25) is 4.79 Å². The minimum absolute atomic E-state index is 0.0835. The van der Waals surface area contributed by atoms with Gasteiger partial charge in [-0.1, -0.05) is 53.5 Å². The summed E-state index contributed by atoms with van der Waals surface area (Å²) in [6, 6.07) is 14.7. The van der Waals surface area contributed by atoms with E-state index in [1.54, 1.807) is 18.2 Å². The maximum Gasteiger partial charge on any atom is 0.228 e. The first-order chi connectivity index (χ1) is 13.8. The fourth-order valence-corrected chi connectivity index (χ4v) is 5.62. The van der Waals surface area contributed by atoms with Gasteiger partial charge in [-0.15, -0.1) is 0 Å². The molecule has 1 aliphatic rings. The summed E-state index contributed by atoms with van der Waals surface area (Å²) in [5.41, 5.74) is 1.63. The van der Waals surface area contributed by atoms with E-state index in [1.165, 1.54) is 4.31 Å². The molecule has 0 saturated carbocycles. The van der Waals surface area contributed by atoms with Gasteiger partial charge >= 0.3 is 0 Å². The van der Waals surface area contributed by atoms with Crippen molar-refractivity contribution in [2.24, 2.45) is 5.92 Å². The van der Waals surface area contributed by atoms with E-state index in [4.69, 9.17) is 23.2 Å². The van der Waals surface area contributed by atoms with Crippen LogP contribution in [0.4, 0.5) is 5.69 Å². The molecule has 1 N–H and O–H groups in total. The van der Waals surface area contributed by atoms with Gasteiger partial charge in [0.15, 0.2) is 0 Å². The Morgan fingerprint density at radius 1 is 1.10 bits per heavy atom. The summed E-state index contributed by atoms with van der Waals surface area (Å²) < 4.78 is 27.0. The summed E-state index contributed by atoms with van der Waals surface area (Å²) in [5.74, 6) is -0.530. The molecule has 1 saturated heterocycles. The first-order valence-corrected chi connectivity index (χ1v) is 12.0.